The number of nitrogens with two attached hydrogens (primary N) is 1. The Bertz CT molecular complexity index is 605. The molecule has 0 amide bonds. The molecule has 5 nitrogen and oxygen atoms in total. The van der Waals surface area contributed by atoms with Crippen molar-refractivity contribution in [3.8, 4) is 5.75 Å². The zero-order chi connectivity index (χ0) is 15.7. The van der Waals surface area contributed by atoms with Crippen LogP contribution in [0.5, 0.6) is 5.75 Å². The van der Waals surface area contributed by atoms with Crippen LogP contribution < -0.4 is 9.88 Å². The van der Waals surface area contributed by atoms with Gasteiger partial charge in [0.05, 0.1) is 17.1 Å². The number of alkyl halides is 6. The van der Waals surface area contributed by atoms with Crippen molar-refractivity contribution in [3.05, 3.63) is 17.3 Å². The summed E-state index contributed by atoms with van der Waals surface area (Å²) in [6, 6.07) is 0.197. The highest BCUT2D eigenvalue weighted by Gasteiger charge is 2.34. The van der Waals surface area contributed by atoms with Gasteiger partial charge in [0.1, 0.15) is 0 Å². The molecule has 1 heterocycles. The lowest BCUT2D eigenvalue weighted by Gasteiger charge is -2.14. The average molecular weight is 341 g/mol. The Morgan fingerprint density at radius 2 is 1.95 bits per heavy atom. The van der Waals surface area contributed by atoms with Crippen molar-refractivity contribution >= 4 is 21.6 Å². The van der Waals surface area contributed by atoms with E-state index in [0.717, 1.165) is 0 Å². The fourth-order valence-corrected chi connectivity index (χ4v) is 2.13. The number of hydrogen-bond acceptors (Lipinski definition) is 4. The van der Waals surface area contributed by atoms with Crippen LogP contribution in [0.3, 0.4) is 0 Å². The van der Waals surface area contributed by atoms with E-state index in [0.29, 0.717) is 0 Å². The van der Waals surface area contributed by atoms with Gasteiger partial charge in [-0.15, -0.1) is 24.8 Å². The minimum absolute atomic E-state index is 0.197. The number of primary sulfonamides is 1. The fourth-order valence-electron chi connectivity index (χ4n) is 1.22. The summed E-state index contributed by atoms with van der Waals surface area (Å²) >= 11 is 5.28. The third-order valence-electron chi connectivity index (χ3n) is 1.91. The topological polar surface area (TPSA) is 82.3 Å². The Morgan fingerprint density at radius 1 is 1.40 bits per heavy atom. The van der Waals surface area contributed by atoms with Crippen LogP contribution in [0, 0.1) is 0 Å². The van der Waals surface area contributed by atoms with Crippen LogP contribution >= 0.6 is 11.6 Å². The fraction of sp³-hybridized carbons (Fsp3) is 0.375. The molecule has 0 atom stereocenters. The van der Waals surface area contributed by atoms with Crippen molar-refractivity contribution in [2.75, 3.05) is 0 Å². The van der Waals surface area contributed by atoms with Crippen LogP contribution in [0.2, 0.25) is 0 Å². The van der Waals surface area contributed by atoms with Crippen molar-refractivity contribution < 1.29 is 35.1 Å². The lowest BCUT2D eigenvalue weighted by molar-refractivity contribution is -0.275. The molecule has 0 aliphatic rings. The van der Waals surface area contributed by atoms with Gasteiger partial charge in [-0.1, -0.05) is 0 Å². The number of nitrogens with zero attached hydrogens (tertiary/aromatic N) is 1. The van der Waals surface area contributed by atoms with Crippen LogP contribution in [0.4, 0.5) is 22.0 Å². The summed E-state index contributed by atoms with van der Waals surface area (Å²) in [6.07, 6.45) is -8.60. The molecule has 0 aromatic carbocycles. The number of sulfonamides is 1. The number of halogens is 6. The number of ether oxygens (including phenoxy) is 1. The molecule has 0 aliphatic heterocycles. The number of rotatable bonds is 4. The summed E-state index contributed by atoms with van der Waals surface area (Å²) in [5.74, 6) is -1.81. The Balaban J connectivity index is 3.54. The van der Waals surface area contributed by atoms with E-state index in [2.05, 4.69) is 14.9 Å². The molecule has 114 valence electrons. The first-order chi connectivity index (χ1) is 8.95. The summed E-state index contributed by atoms with van der Waals surface area (Å²) in [5, 5.41) is 3.41. The van der Waals surface area contributed by atoms with Crippen molar-refractivity contribution in [2.45, 2.75) is 23.7 Å². The first kappa shape index (κ1) is 16.9. The van der Waals surface area contributed by atoms with Crippen LogP contribution in [0.25, 0.3) is 0 Å². The van der Waals surface area contributed by atoms with E-state index >= 15 is 0 Å². The molecule has 12 heteroatoms. The van der Waals surface area contributed by atoms with Crippen LogP contribution in [0.15, 0.2) is 11.1 Å². The maximum Gasteiger partial charge on any atom is 0.573 e. The quantitative estimate of drug-likeness (QED) is 0.673. The van der Waals surface area contributed by atoms with Crippen molar-refractivity contribution in [3.63, 3.8) is 0 Å². The molecule has 2 N–H and O–H groups in total. The smallest absolute Gasteiger partial charge is 0.404 e. The second kappa shape index (κ2) is 5.66. The lowest BCUT2D eigenvalue weighted by atomic mass is 10.2. The molecule has 0 bridgehead atoms. The summed E-state index contributed by atoms with van der Waals surface area (Å²) in [5.41, 5.74) is -1.99. The molecule has 0 saturated heterocycles. The van der Waals surface area contributed by atoms with E-state index in [9.17, 15) is 30.4 Å². The second-order valence-electron chi connectivity index (χ2n) is 3.35. The van der Waals surface area contributed by atoms with Crippen LogP contribution in [0.1, 0.15) is 17.7 Å². The molecule has 20 heavy (non-hydrogen) atoms. The average Bonchev–Trinajstić information content (AvgIpc) is 2.24. The summed E-state index contributed by atoms with van der Waals surface area (Å²) in [7, 11) is -4.66. The van der Waals surface area contributed by atoms with Crippen molar-refractivity contribution in [1.82, 2.24) is 4.98 Å². The summed E-state index contributed by atoms with van der Waals surface area (Å²) in [6.45, 7) is 0. The molecule has 0 saturated carbocycles. The largest absolute Gasteiger partial charge is 0.573 e. The molecule has 0 spiro atoms. The second-order valence-corrected chi connectivity index (χ2v) is 5.10. The lowest BCUT2D eigenvalue weighted by Crippen LogP contribution is -2.21. The van der Waals surface area contributed by atoms with Gasteiger partial charge in [-0.25, -0.2) is 27.3 Å². The highest BCUT2D eigenvalue weighted by Crippen LogP contribution is 2.33. The summed E-state index contributed by atoms with van der Waals surface area (Å²) in [4.78, 5) is 3.12. The van der Waals surface area contributed by atoms with Gasteiger partial charge in [-0.05, 0) is 6.07 Å². The molecule has 1 aromatic rings. The van der Waals surface area contributed by atoms with Gasteiger partial charge >= 0.3 is 6.36 Å². The molecule has 1 rings (SSSR count). The van der Waals surface area contributed by atoms with Gasteiger partial charge in [-0.3, -0.25) is 0 Å². The van der Waals surface area contributed by atoms with Gasteiger partial charge < -0.3 is 4.74 Å². The van der Waals surface area contributed by atoms with E-state index in [4.69, 9.17) is 11.6 Å². The first-order valence-corrected chi connectivity index (χ1v) is 6.70. The standard InChI is InChI=1S/C8H6ClF5N2O3S/c9-2-4-5(19-8(12,13)14)1-3(6(10)11)7(16-4)20(15,17)18/h1,6H,2H2,(H2,15,17,18). The number of hydrogen-bond donors (Lipinski definition) is 1. The highest BCUT2D eigenvalue weighted by molar-refractivity contribution is 7.89. The van der Waals surface area contributed by atoms with E-state index in [1.165, 1.54) is 0 Å². The minimum Gasteiger partial charge on any atom is -0.404 e. The SMILES string of the molecule is NS(=O)(=O)c1nc(CCl)c(OC(F)(F)F)cc1C(F)F. The van der Waals surface area contributed by atoms with Gasteiger partial charge in [-0.2, -0.15) is 0 Å². The predicted octanol–water partition coefficient (Wildman–Crippen LogP) is 2.30. The first-order valence-electron chi connectivity index (χ1n) is 4.62. The third-order valence-corrected chi connectivity index (χ3v) is 3.03. The molecule has 0 unspecified atom stereocenters. The molecular weight excluding hydrogens is 335 g/mol. The van der Waals surface area contributed by atoms with E-state index in [-0.39, 0.29) is 6.07 Å². The van der Waals surface area contributed by atoms with Crippen LogP contribution in [-0.4, -0.2) is 19.8 Å². The van der Waals surface area contributed by atoms with Crippen molar-refractivity contribution in [1.29, 1.82) is 0 Å². The van der Waals surface area contributed by atoms with E-state index in [1.807, 2.05) is 0 Å². The number of aromatic nitrogens is 1. The molecule has 0 aliphatic carbocycles. The Kier molecular flexibility index (Phi) is 4.77. The molecular formula is C8H6ClF5N2O3S. The predicted molar refractivity (Wildman–Crippen MR) is 56.8 cm³/mol. The van der Waals surface area contributed by atoms with Gasteiger partial charge in [0.25, 0.3) is 16.4 Å². The Hall–Kier alpha value is -1.20. The van der Waals surface area contributed by atoms with Crippen LogP contribution in [-0.2, 0) is 15.9 Å². The van der Waals surface area contributed by atoms with Gasteiger partial charge in [0.2, 0.25) is 0 Å². The third kappa shape index (κ3) is 4.15. The Morgan fingerprint density at radius 3 is 2.30 bits per heavy atom. The zero-order valence-electron chi connectivity index (χ0n) is 9.29. The summed E-state index contributed by atoms with van der Waals surface area (Å²) < 4.78 is 87.3. The maximum absolute atomic E-state index is 12.7. The Labute approximate surface area is 114 Å². The maximum atomic E-state index is 12.7. The molecule has 0 radical (unpaired) electrons. The van der Waals surface area contributed by atoms with E-state index < -0.39 is 50.7 Å². The number of pyridine rings is 1. The van der Waals surface area contributed by atoms with E-state index in [1.54, 1.807) is 0 Å². The zero-order valence-corrected chi connectivity index (χ0v) is 10.9. The van der Waals surface area contributed by atoms with Gasteiger partial charge in [0.15, 0.2) is 10.8 Å². The normalized spacial score (nSPS) is 12.8. The monoisotopic (exact) mass is 340 g/mol. The highest BCUT2D eigenvalue weighted by atomic mass is 35.5. The molecule has 1 aromatic heterocycles. The van der Waals surface area contributed by atoms with Crippen molar-refractivity contribution in [2.24, 2.45) is 5.14 Å². The molecule has 0 fully saturated rings. The minimum atomic E-state index is -5.18. The van der Waals surface area contributed by atoms with Gasteiger partial charge in [0, 0.05) is 0 Å².